The van der Waals surface area contributed by atoms with Crippen LogP contribution in [-0.4, -0.2) is 14.8 Å². The van der Waals surface area contributed by atoms with Crippen LogP contribution in [0.3, 0.4) is 0 Å². The van der Waals surface area contributed by atoms with Gasteiger partial charge < -0.3 is 4.98 Å². The monoisotopic (exact) mass is 339 g/mol. The molecule has 0 aliphatic carbocycles. The Balaban J connectivity index is 1.92. The molecule has 2 aromatic heterocycles. The number of rotatable bonds is 2. The minimum atomic E-state index is -0.534. The van der Waals surface area contributed by atoms with E-state index in [4.69, 9.17) is 0 Å². The lowest BCUT2D eigenvalue weighted by molar-refractivity contribution is 0.627. The molecule has 2 N–H and O–H groups in total. The van der Waals surface area contributed by atoms with Crippen LogP contribution < -0.4 is 11.0 Å². The van der Waals surface area contributed by atoms with Gasteiger partial charge >= 0.3 is 0 Å². The molecule has 0 aliphatic heterocycles. The Morgan fingerprint density at radius 2 is 1.44 bits per heavy atom. The van der Waals surface area contributed by atoms with E-state index in [2.05, 4.69) is 10.1 Å². The molecule has 0 bridgehead atoms. The molecule has 5 nitrogen and oxygen atoms in total. The van der Waals surface area contributed by atoms with Crippen LogP contribution in [0.5, 0.6) is 0 Å². The Kier molecular flexibility index (Phi) is 3.35. The Morgan fingerprint density at radius 3 is 2.08 bits per heavy atom. The molecule has 0 radical (unpaired) electrons. The minimum absolute atomic E-state index is 0.0322. The van der Waals surface area contributed by atoms with Crippen molar-refractivity contribution < 1.29 is 8.78 Å². The van der Waals surface area contributed by atoms with Crippen LogP contribution in [0.25, 0.3) is 28.0 Å². The van der Waals surface area contributed by atoms with E-state index in [1.807, 2.05) is 0 Å². The van der Waals surface area contributed by atoms with E-state index in [0.29, 0.717) is 16.9 Å². The van der Waals surface area contributed by atoms with Gasteiger partial charge in [0.05, 0.1) is 11.4 Å². The van der Waals surface area contributed by atoms with E-state index < -0.39 is 16.8 Å². The van der Waals surface area contributed by atoms with Crippen LogP contribution in [0.2, 0.25) is 0 Å². The highest BCUT2D eigenvalue weighted by atomic mass is 19.1. The molecule has 25 heavy (non-hydrogen) atoms. The smallest absolute Gasteiger partial charge is 0.284 e. The molecule has 0 spiro atoms. The number of H-pyrrole nitrogens is 2. The highest BCUT2D eigenvalue weighted by molar-refractivity contribution is 5.78. The summed E-state index contributed by atoms with van der Waals surface area (Å²) < 4.78 is 27.3. The van der Waals surface area contributed by atoms with Crippen molar-refractivity contribution in [2.45, 2.75) is 0 Å². The number of halogens is 2. The molecule has 0 fully saturated rings. The fourth-order valence-electron chi connectivity index (χ4n) is 2.69. The van der Waals surface area contributed by atoms with Crippen LogP contribution in [0.15, 0.2) is 64.2 Å². The average Bonchev–Trinajstić information content (AvgIpc) is 2.93. The van der Waals surface area contributed by atoms with Gasteiger partial charge in [0.25, 0.3) is 5.56 Å². The van der Waals surface area contributed by atoms with Crippen molar-refractivity contribution in [1.29, 1.82) is 0 Å². The van der Waals surface area contributed by atoms with Crippen molar-refractivity contribution in [3.8, 4) is 16.9 Å². The third-order valence-electron chi connectivity index (χ3n) is 3.91. The maximum Gasteiger partial charge on any atom is 0.284 e. The van der Waals surface area contributed by atoms with Crippen molar-refractivity contribution in [2.75, 3.05) is 0 Å². The van der Waals surface area contributed by atoms with Crippen LogP contribution in [0.1, 0.15) is 0 Å². The Hall–Kier alpha value is -3.48. The summed E-state index contributed by atoms with van der Waals surface area (Å²) in [7, 11) is 0. The number of nitrogens with one attached hydrogen (secondary N) is 2. The number of aromatic amines is 2. The molecule has 4 rings (SSSR count). The summed E-state index contributed by atoms with van der Waals surface area (Å²) in [6.07, 6.45) is 0. The second-order valence-corrected chi connectivity index (χ2v) is 5.53. The van der Waals surface area contributed by atoms with Gasteiger partial charge in [0.2, 0.25) is 0 Å². The van der Waals surface area contributed by atoms with E-state index in [1.165, 1.54) is 54.6 Å². The van der Waals surface area contributed by atoms with Gasteiger partial charge in [-0.1, -0.05) is 0 Å². The summed E-state index contributed by atoms with van der Waals surface area (Å²) in [6.45, 7) is 0. The van der Waals surface area contributed by atoms with Gasteiger partial charge in [-0.05, 0) is 54.1 Å². The second kappa shape index (κ2) is 5.55. The molecule has 0 amide bonds. The van der Waals surface area contributed by atoms with Crippen LogP contribution >= 0.6 is 0 Å². The summed E-state index contributed by atoms with van der Waals surface area (Å²) in [4.78, 5) is 27.8. The molecule has 7 heteroatoms. The summed E-state index contributed by atoms with van der Waals surface area (Å²) in [5, 5.41) is 2.78. The molecule has 2 aromatic carbocycles. The third-order valence-corrected chi connectivity index (χ3v) is 3.91. The van der Waals surface area contributed by atoms with E-state index >= 15 is 0 Å². The largest absolute Gasteiger partial charge is 0.339 e. The molecule has 0 saturated carbocycles. The van der Waals surface area contributed by atoms with Gasteiger partial charge in [-0.15, -0.1) is 0 Å². The zero-order valence-corrected chi connectivity index (χ0v) is 12.7. The SMILES string of the molecule is O=c1cc(-c2ccc(F)cc2)[nH]c2[nH]n(-c3ccc(F)cc3)c(=O)c12. The molecule has 0 aliphatic rings. The van der Waals surface area contributed by atoms with Gasteiger partial charge in [0, 0.05) is 6.07 Å². The fourth-order valence-corrected chi connectivity index (χ4v) is 2.69. The summed E-state index contributed by atoms with van der Waals surface area (Å²) in [5.41, 5.74) is 0.698. The Bertz CT molecular complexity index is 1190. The molecule has 0 atom stereocenters. The fraction of sp³-hybridized carbons (Fsp3) is 0. The van der Waals surface area contributed by atoms with E-state index in [9.17, 15) is 18.4 Å². The molecular formula is C18H11F2N3O2. The van der Waals surface area contributed by atoms with Gasteiger partial charge in [-0.3, -0.25) is 14.7 Å². The minimum Gasteiger partial charge on any atom is -0.339 e. The van der Waals surface area contributed by atoms with Crippen molar-refractivity contribution in [3.63, 3.8) is 0 Å². The molecule has 124 valence electrons. The molecule has 0 unspecified atom stereocenters. The Labute approximate surface area is 139 Å². The van der Waals surface area contributed by atoms with E-state index in [0.717, 1.165) is 4.68 Å². The molecular weight excluding hydrogens is 328 g/mol. The maximum atomic E-state index is 13.1. The zero-order valence-electron chi connectivity index (χ0n) is 12.7. The van der Waals surface area contributed by atoms with Crippen molar-refractivity contribution in [2.24, 2.45) is 0 Å². The van der Waals surface area contributed by atoms with Crippen LogP contribution in [0, 0.1) is 11.6 Å². The number of hydrogen-bond acceptors (Lipinski definition) is 2. The number of fused-ring (bicyclic) bond motifs is 1. The van der Waals surface area contributed by atoms with Gasteiger partial charge in [0.15, 0.2) is 5.43 Å². The average molecular weight is 339 g/mol. The third kappa shape index (κ3) is 2.55. The lowest BCUT2D eigenvalue weighted by atomic mass is 10.1. The number of pyridine rings is 1. The number of hydrogen-bond donors (Lipinski definition) is 2. The highest BCUT2D eigenvalue weighted by Gasteiger charge is 2.14. The quantitative estimate of drug-likeness (QED) is 0.589. The van der Waals surface area contributed by atoms with E-state index in [-0.39, 0.29) is 16.9 Å². The first-order valence-electron chi connectivity index (χ1n) is 7.43. The topological polar surface area (TPSA) is 70.7 Å². The standard InChI is InChI=1S/C18H11F2N3O2/c19-11-3-1-10(2-4-11)14-9-15(24)16-17(21-14)22-23(18(16)25)13-7-5-12(20)6-8-13/h1-9H,(H2,21,22,24). The second-order valence-electron chi connectivity index (χ2n) is 5.53. The first-order valence-corrected chi connectivity index (χ1v) is 7.43. The molecule has 2 heterocycles. The van der Waals surface area contributed by atoms with Crippen molar-refractivity contribution >= 4 is 11.0 Å². The zero-order chi connectivity index (χ0) is 17.6. The Morgan fingerprint density at radius 1 is 0.840 bits per heavy atom. The predicted octanol–water partition coefficient (Wildman–Crippen LogP) is 2.95. The summed E-state index contributed by atoms with van der Waals surface area (Å²) >= 11 is 0. The summed E-state index contributed by atoms with van der Waals surface area (Å²) in [6, 6.07) is 12.2. The van der Waals surface area contributed by atoms with E-state index in [1.54, 1.807) is 0 Å². The highest BCUT2D eigenvalue weighted by Crippen LogP contribution is 2.18. The lowest BCUT2D eigenvalue weighted by Gasteiger charge is -2.02. The lowest BCUT2D eigenvalue weighted by Crippen LogP contribution is -2.18. The summed E-state index contributed by atoms with van der Waals surface area (Å²) in [5.74, 6) is -0.814. The number of benzene rings is 2. The van der Waals surface area contributed by atoms with Crippen LogP contribution in [0.4, 0.5) is 8.78 Å². The first-order chi connectivity index (χ1) is 12.0. The normalized spacial score (nSPS) is 11.1. The predicted molar refractivity (Wildman–Crippen MR) is 89.9 cm³/mol. The van der Waals surface area contributed by atoms with Gasteiger partial charge in [-0.2, -0.15) is 0 Å². The number of nitrogens with zero attached hydrogens (tertiary/aromatic N) is 1. The van der Waals surface area contributed by atoms with Crippen molar-refractivity contribution in [3.05, 3.63) is 86.8 Å². The van der Waals surface area contributed by atoms with Gasteiger partial charge in [-0.25, -0.2) is 13.5 Å². The molecule has 4 aromatic rings. The number of aromatic nitrogens is 3. The first kappa shape index (κ1) is 15.1. The van der Waals surface area contributed by atoms with Crippen molar-refractivity contribution in [1.82, 2.24) is 14.8 Å². The van der Waals surface area contributed by atoms with Gasteiger partial charge in [0.1, 0.15) is 22.7 Å². The maximum absolute atomic E-state index is 13.1. The molecule has 0 saturated heterocycles. The van der Waals surface area contributed by atoms with Crippen LogP contribution in [-0.2, 0) is 0 Å².